The number of furan rings is 2. The van der Waals surface area contributed by atoms with Crippen LogP contribution >= 0.6 is 0 Å². The van der Waals surface area contributed by atoms with Gasteiger partial charge in [0.15, 0.2) is 0 Å². The Labute approximate surface area is 213 Å². The van der Waals surface area contributed by atoms with Crippen LogP contribution in [0.2, 0.25) is 0 Å². The first kappa shape index (κ1) is 23.2. The molecule has 0 amide bonds. The smallest absolute Gasteiger partial charge is 0.136 e. The third-order valence-electron chi connectivity index (χ3n) is 7.83. The Morgan fingerprint density at radius 3 is 1.33 bits per heavy atom. The predicted octanol–water partition coefficient (Wildman–Crippen LogP) is 10.9. The maximum Gasteiger partial charge on any atom is 0.136 e. The standard InChI is InChI=1S/C34H36O2/c1-3-5-7-9-11-23-13-15-27-31(21-23)35-29-19-17-26-25(33(27)29)18-20-30-34(26)28-16-14-24(22-32(28)36-30)12-10-8-6-4-2/h13-22H,3-12H2,1-2H3. The monoisotopic (exact) mass is 476 g/mol. The zero-order chi connectivity index (χ0) is 24.5. The average molecular weight is 477 g/mol. The van der Waals surface area contributed by atoms with Crippen molar-refractivity contribution in [3.05, 3.63) is 71.8 Å². The van der Waals surface area contributed by atoms with E-state index in [0.29, 0.717) is 0 Å². The molecule has 2 heteroatoms. The van der Waals surface area contributed by atoms with Crippen molar-refractivity contribution in [2.75, 3.05) is 0 Å². The molecular formula is C34H36O2. The number of fused-ring (bicyclic) bond motifs is 9. The number of aryl methyl sites for hydroxylation is 2. The van der Waals surface area contributed by atoms with Gasteiger partial charge in [-0.3, -0.25) is 0 Å². The van der Waals surface area contributed by atoms with E-state index in [2.05, 4.69) is 74.5 Å². The maximum atomic E-state index is 6.36. The van der Waals surface area contributed by atoms with E-state index in [1.807, 2.05) is 0 Å². The second-order valence-corrected chi connectivity index (χ2v) is 10.5. The van der Waals surface area contributed by atoms with Crippen molar-refractivity contribution >= 4 is 54.6 Å². The third kappa shape index (κ3) is 4.17. The van der Waals surface area contributed by atoms with Crippen LogP contribution in [0.1, 0.15) is 76.3 Å². The van der Waals surface area contributed by atoms with Gasteiger partial charge in [0.2, 0.25) is 0 Å². The lowest BCUT2D eigenvalue weighted by atomic mass is 9.98. The number of rotatable bonds is 10. The third-order valence-corrected chi connectivity index (χ3v) is 7.83. The molecule has 0 atom stereocenters. The summed E-state index contributed by atoms with van der Waals surface area (Å²) in [5.41, 5.74) is 6.65. The maximum absolute atomic E-state index is 6.36. The van der Waals surface area contributed by atoms with Crippen LogP contribution in [0.3, 0.4) is 0 Å². The summed E-state index contributed by atoms with van der Waals surface area (Å²) in [5.74, 6) is 0. The summed E-state index contributed by atoms with van der Waals surface area (Å²) >= 11 is 0. The Hall–Kier alpha value is -3.26. The molecule has 36 heavy (non-hydrogen) atoms. The van der Waals surface area contributed by atoms with Crippen LogP contribution in [-0.2, 0) is 12.8 Å². The molecule has 2 aromatic heterocycles. The van der Waals surface area contributed by atoms with Gasteiger partial charge in [-0.15, -0.1) is 0 Å². The van der Waals surface area contributed by atoms with Crippen LogP contribution in [0.25, 0.3) is 54.6 Å². The Balaban J connectivity index is 1.41. The van der Waals surface area contributed by atoms with Crippen LogP contribution in [0.15, 0.2) is 69.5 Å². The van der Waals surface area contributed by atoms with Gasteiger partial charge >= 0.3 is 0 Å². The Bertz CT molecular complexity index is 1540. The fraction of sp³-hybridized carbons (Fsp3) is 0.353. The lowest BCUT2D eigenvalue weighted by molar-refractivity contribution is 0.659. The highest BCUT2D eigenvalue weighted by atomic mass is 16.3. The zero-order valence-corrected chi connectivity index (χ0v) is 21.7. The van der Waals surface area contributed by atoms with Gasteiger partial charge in [-0.05, 0) is 84.0 Å². The van der Waals surface area contributed by atoms with Crippen molar-refractivity contribution in [2.45, 2.75) is 78.1 Å². The molecule has 4 aromatic carbocycles. The zero-order valence-electron chi connectivity index (χ0n) is 21.7. The fourth-order valence-electron chi connectivity index (χ4n) is 5.87. The molecule has 0 aliphatic carbocycles. The van der Waals surface area contributed by atoms with E-state index in [1.54, 1.807) is 0 Å². The number of hydrogen-bond donors (Lipinski definition) is 0. The predicted molar refractivity (Wildman–Crippen MR) is 154 cm³/mol. The minimum atomic E-state index is 0.960. The molecule has 0 fully saturated rings. The molecule has 0 aliphatic heterocycles. The second-order valence-electron chi connectivity index (χ2n) is 10.5. The van der Waals surface area contributed by atoms with Gasteiger partial charge in [0.05, 0.1) is 0 Å². The first-order chi connectivity index (χ1) is 17.8. The van der Waals surface area contributed by atoms with Crippen molar-refractivity contribution in [2.24, 2.45) is 0 Å². The number of unbranched alkanes of at least 4 members (excludes halogenated alkanes) is 6. The summed E-state index contributed by atoms with van der Waals surface area (Å²) < 4.78 is 12.7. The molecule has 0 N–H and O–H groups in total. The van der Waals surface area contributed by atoms with Gasteiger partial charge in [-0.1, -0.05) is 76.6 Å². The van der Waals surface area contributed by atoms with Crippen LogP contribution in [0, 0.1) is 0 Å². The van der Waals surface area contributed by atoms with E-state index in [0.717, 1.165) is 35.2 Å². The molecule has 6 rings (SSSR count). The van der Waals surface area contributed by atoms with Crippen molar-refractivity contribution in [3.8, 4) is 0 Å². The van der Waals surface area contributed by atoms with E-state index in [1.165, 1.54) is 94.8 Å². The van der Waals surface area contributed by atoms with E-state index >= 15 is 0 Å². The second kappa shape index (κ2) is 10.0. The molecule has 2 nitrogen and oxygen atoms in total. The summed E-state index contributed by atoms with van der Waals surface area (Å²) in [7, 11) is 0. The molecule has 0 aliphatic rings. The lowest BCUT2D eigenvalue weighted by Crippen LogP contribution is -1.85. The molecule has 0 spiro atoms. The quantitative estimate of drug-likeness (QED) is 0.184. The minimum Gasteiger partial charge on any atom is -0.456 e. The first-order valence-electron chi connectivity index (χ1n) is 14.0. The van der Waals surface area contributed by atoms with Gasteiger partial charge in [0.1, 0.15) is 22.3 Å². The van der Waals surface area contributed by atoms with E-state index in [9.17, 15) is 0 Å². The highest BCUT2D eigenvalue weighted by molar-refractivity contribution is 6.27. The number of hydrogen-bond acceptors (Lipinski definition) is 2. The normalized spacial score (nSPS) is 12.2. The molecule has 0 radical (unpaired) electrons. The van der Waals surface area contributed by atoms with Crippen molar-refractivity contribution in [1.82, 2.24) is 0 Å². The molecule has 6 aromatic rings. The molecule has 184 valence electrons. The summed E-state index contributed by atoms with van der Waals surface area (Å²) in [6.07, 6.45) is 12.5. The van der Waals surface area contributed by atoms with Crippen molar-refractivity contribution in [1.29, 1.82) is 0 Å². The molecule has 0 saturated heterocycles. The van der Waals surface area contributed by atoms with Gasteiger partial charge in [0.25, 0.3) is 0 Å². The van der Waals surface area contributed by atoms with Crippen LogP contribution in [0.5, 0.6) is 0 Å². The van der Waals surface area contributed by atoms with Crippen LogP contribution in [-0.4, -0.2) is 0 Å². The number of benzene rings is 4. The van der Waals surface area contributed by atoms with Crippen molar-refractivity contribution < 1.29 is 8.83 Å². The fourth-order valence-corrected chi connectivity index (χ4v) is 5.87. The average Bonchev–Trinajstić information content (AvgIpc) is 3.46. The van der Waals surface area contributed by atoms with Crippen LogP contribution < -0.4 is 0 Å². The van der Waals surface area contributed by atoms with Gasteiger partial charge in [-0.25, -0.2) is 0 Å². The SMILES string of the molecule is CCCCCCc1ccc2c(c1)oc1ccc3c(ccc4oc5cc(CCCCCC)ccc5c43)c12. The summed E-state index contributed by atoms with van der Waals surface area (Å²) in [6, 6.07) is 22.3. The van der Waals surface area contributed by atoms with Crippen molar-refractivity contribution in [3.63, 3.8) is 0 Å². The Morgan fingerprint density at radius 1 is 0.444 bits per heavy atom. The first-order valence-corrected chi connectivity index (χ1v) is 14.0. The summed E-state index contributed by atoms with van der Waals surface area (Å²) in [6.45, 7) is 4.52. The van der Waals surface area contributed by atoms with Gasteiger partial charge in [-0.2, -0.15) is 0 Å². The lowest BCUT2D eigenvalue weighted by Gasteiger charge is -2.03. The van der Waals surface area contributed by atoms with E-state index in [4.69, 9.17) is 8.83 Å². The molecule has 0 saturated carbocycles. The molecule has 0 unspecified atom stereocenters. The van der Waals surface area contributed by atoms with E-state index < -0.39 is 0 Å². The van der Waals surface area contributed by atoms with Crippen LogP contribution in [0.4, 0.5) is 0 Å². The molecule has 0 bridgehead atoms. The van der Waals surface area contributed by atoms with Gasteiger partial charge in [0, 0.05) is 21.5 Å². The highest BCUT2D eigenvalue weighted by Gasteiger charge is 2.16. The summed E-state index contributed by atoms with van der Waals surface area (Å²) in [4.78, 5) is 0. The Morgan fingerprint density at radius 2 is 0.889 bits per heavy atom. The minimum absolute atomic E-state index is 0.960. The molecular weight excluding hydrogens is 440 g/mol. The summed E-state index contributed by atoms with van der Waals surface area (Å²) in [5, 5.41) is 7.30. The molecule has 2 heterocycles. The Kier molecular flexibility index (Phi) is 6.44. The van der Waals surface area contributed by atoms with E-state index in [-0.39, 0.29) is 0 Å². The topological polar surface area (TPSA) is 26.3 Å². The highest BCUT2D eigenvalue weighted by Crippen LogP contribution is 2.41. The van der Waals surface area contributed by atoms with Gasteiger partial charge < -0.3 is 8.83 Å². The largest absolute Gasteiger partial charge is 0.456 e.